The minimum atomic E-state index is -0.951. The second-order valence-corrected chi connectivity index (χ2v) is 3.26. The van der Waals surface area contributed by atoms with Crippen molar-refractivity contribution in [1.82, 2.24) is 0 Å². The molecule has 0 aliphatic carbocycles. The molecule has 1 aliphatic rings. The van der Waals surface area contributed by atoms with E-state index in [9.17, 15) is 14.3 Å². The zero-order chi connectivity index (χ0) is 10.8. The van der Waals surface area contributed by atoms with Crippen LogP contribution in [0.3, 0.4) is 0 Å². The van der Waals surface area contributed by atoms with E-state index in [0.717, 1.165) is 0 Å². The van der Waals surface area contributed by atoms with E-state index < -0.39 is 18.2 Å². The lowest BCUT2D eigenvalue weighted by molar-refractivity contribution is -0.142. The molecule has 1 N–H and O–H groups in total. The number of ether oxygens (including phenoxy) is 1. The molecule has 2 rings (SSSR count). The Hall–Kier alpha value is -1.68. The molecule has 1 unspecified atom stereocenters. The van der Waals surface area contributed by atoms with Crippen molar-refractivity contribution < 1.29 is 19.0 Å². The quantitative estimate of drug-likeness (QED) is 0.746. The lowest BCUT2D eigenvalue weighted by Gasteiger charge is -2.16. The number of cyclic esters (lactones) is 1. The fourth-order valence-corrected chi connectivity index (χ4v) is 1.41. The summed E-state index contributed by atoms with van der Waals surface area (Å²) in [5, 5.41) is 9.78. The minimum Gasteiger partial charge on any atom is -0.452 e. The first-order valence-electron chi connectivity index (χ1n) is 4.49. The molecule has 0 aromatic heterocycles. The Labute approximate surface area is 85.8 Å². The summed E-state index contributed by atoms with van der Waals surface area (Å²) in [4.78, 5) is 10.8. The first kappa shape index (κ1) is 9.86. The molecule has 78 valence electrons. The number of rotatable bonds is 2. The van der Waals surface area contributed by atoms with Crippen molar-refractivity contribution in [3.63, 3.8) is 0 Å². The highest BCUT2D eigenvalue weighted by Crippen LogP contribution is 2.23. The molecule has 1 aromatic rings. The van der Waals surface area contributed by atoms with Crippen LogP contribution >= 0.6 is 0 Å². The molecule has 0 bridgehead atoms. The summed E-state index contributed by atoms with van der Waals surface area (Å²) >= 11 is 0. The number of carbonyl (C=O) groups excluding carboxylic acids is 1. The third kappa shape index (κ3) is 2.05. The van der Waals surface area contributed by atoms with Crippen LogP contribution in [0, 0.1) is 5.82 Å². The van der Waals surface area contributed by atoms with Crippen molar-refractivity contribution in [2.45, 2.75) is 12.2 Å². The Morgan fingerprint density at radius 1 is 1.33 bits per heavy atom. The maximum Gasteiger partial charge on any atom is 0.331 e. The Morgan fingerprint density at radius 3 is 2.53 bits per heavy atom. The fraction of sp³-hybridized carbons (Fsp3) is 0.182. The summed E-state index contributed by atoms with van der Waals surface area (Å²) in [5.41, 5.74) is 0.515. The van der Waals surface area contributed by atoms with Gasteiger partial charge in [0, 0.05) is 6.08 Å². The van der Waals surface area contributed by atoms with Crippen LogP contribution in [-0.4, -0.2) is 17.2 Å². The topological polar surface area (TPSA) is 46.5 Å². The summed E-state index contributed by atoms with van der Waals surface area (Å²) in [7, 11) is 0. The summed E-state index contributed by atoms with van der Waals surface area (Å²) < 4.78 is 17.4. The molecule has 0 amide bonds. The number of esters is 1. The van der Waals surface area contributed by atoms with Crippen LogP contribution < -0.4 is 0 Å². The van der Waals surface area contributed by atoms with E-state index in [0.29, 0.717) is 5.56 Å². The lowest BCUT2D eigenvalue weighted by Crippen LogP contribution is -2.18. The van der Waals surface area contributed by atoms with Crippen molar-refractivity contribution in [2.24, 2.45) is 0 Å². The van der Waals surface area contributed by atoms with Crippen molar-refractivity contribution in [2.75, 3.05) is 0 Å². The maximum atomic E-state index is 12.6. The molecule has 0 saturated heterocycles. The van der Waals surface area contributed by atoms with E-state index >= 15 is 0 Å². The van der Waals surface area contributed by atoms with Gasteiger partial charge >= 0.3 is 5.97 Å². The van der Waals surface area contributed by atoms with Crippen molar-refractivity contribution in [1.29, 1.82) is 0 Å². The average Bonchev–Trinajstić information content (AvgIpc) is 2.65. The monoisotopic (exact) mass is 208 g/mol. The van der Waals surface area contributed by atoms with Gasteiger partial charge in [-0.3, -0.25) is 0 Å². The molecule has 0 radical (unpaired) electrons. The zero-order valence-electron chi connectivity index (χ0n) is 7.76. The van der Waals surface area contributed by atoms with Crippen LogP contribution in [0.4, 0.5) is 4.39 Å². The minimum absolute atomic E-state index is 0.370. The van der Waals surface area contributed by atoms with Crippen molar-refractivity contribution in [3.8, 4) is 0 Å². The number of hydrogen-bond acceptors (Lipinski definition) is 3. The summed E-state index contributed by atoms with van der Waals surface area (Å²) in [6.07, 6.45) is 1.12. The van der Waals surface area contributed by atoms with Crippen LogP contribution in [0.5, 0.6) is 0 Å². The molecule has 0 fully saturated rings. The third-order valence-corrected chi connectivity index (χ3v) is 2.20. The van der Waals surface area contributed by atoms with E-state index in [1.54, 1.807) is 0 Å². The van der Waals surface area contributed by atoms with Gasteiger partial charge in [0.2, 0.25) is 0 Å². The van der Waals surface area contributed by atoms with Gasteiger partial charge in [-0.2, -0.15) is 0 Å². The molecule has 15 heavy (non-hydrogen) atoms. The van der Waals surface area contributed by atoms with Gasteiger partial charge < -0.3 is 9.84 Å². The fourth-order valence-electron chi connectivity index (χ4n) is 1.41. The number of benzene rings is 1. The van der Waals surface area contributed by atoms with E-state index in [1.807, 2.05) is 0 Å². The molecule has 2 atom stereocenters. The largest absolute Gasteiger partial charge is 0.452 e. The van der Waals surface area contributed by atoms with Gasteiger partial charge in [0.15, 0.2) is 6.10 Å². The molecule has 3 nitrogen and oxygen atoms in total. The lowest BCUT2D eigenvalue weighted by atomic mass is 10.0. The van der Waals surface area contributed by atoms with Gasteiger partial charge in [-0.25, -0.2) is 9.18 Å². The summed E-state index contributed by atoms with van der Waals surface area (Å²) in [5.74, 6) is -0.842. The van der Waals surface area contributed by atoms with E-state index in [-0.39, 0.29) is 5.82 Å². The first-order chi connectivity index (χ1) is 7.16. The number of aliphatic hydroxyl groups is 1. The number of hydrogen-bond donors (Lipinski definition) is 1. The van der Waals surface area contributed by atoms with E-state index in [1.165, 1.54) is 36.4 Å². The number of halogens is 1. The standard InChI is InChI=1S/C11H9FO3/c12-8-3-1-7(2-4-8)11(14)9-5-6-10(13)15-9/h1-6,9,11,14H/t9?,11-/m0/s1. The Bertz CT molecular complexity index is 397. The van der Waals surface area contributed by atoms with Gasteiger partial charge in [-0.15, -0.1) is 0 Å². The molecular formula is C11H9FO3. The van der Waals surface area contributed by atoms with E-state index in [4.69, 9.17) is 4.74 Å². The maximum absolute atomic E-state index is 12.6. The Balaban J connectivity index is 2.14. The highest BCUT2D eigenvalue weighted by molar-refractivity contribution is 5.84. The second kappa shape index (κ2) is 3.82. The van der Waals surface area contributed by atoms with Gasteiger partial charge in [-0.1, -0.05) is 12.1 Å². The predicted molar refractivity (Wildman–Crippen MR) is 50.4 cm³/mol. The smallest absolute Gasteiger partial charge is 0.331 e. The van der Waals surface area contributed by atoms with Crippen LogP contribution in [0.25, 0.3) is 0 Å². The third-order valence-electron chi connectivity index (χ3n) is 2.20. The van der Waals surface area contributed by atoms with Crippen LogP contribution in [0.1, 0.15) is 11.7 Å². The SMILES string of the molecule is O=C1C=CC([C@@H](O)c2ccc(F)cc2)O1. The van der Waals surface area contributed by atoms with Gasteiger partial charge in [0.05, 0.1) is 0 Å². The van der Waals surface area contributed by atoms with E-state index in [2.05, 4.69) is 0 Å². The van der Waals surface area contributed by atoms with Gasteiger partial charge in [-0.05, 0) is 23.8 Å². The van der Waals surface area contributed by atoms with Crippen molar-refractivity contribution >= 4 is 5.97 Å². The highest BCUT2D eigenvalue weighted by Gasteiger charge is 2.25. The average molecular weight is 208 g/mol. The molecule has 1 aliphatic heterocycles. The Kier molecular flexibility index (Phi) is 2.51. The van der Waals surface area contributed by atoms with Crippen molar-refractivity contribution in [3.05, 3.63) is 47.8 Å². The van der Waals surface area contributed by atoms with Gasteiger partial charge in [0.25, 0.3) is 0 Å². The van der Waals surface area contributed by atoms with Crippen LogP contribution in [-0.2, 0) is 9.53 Å². The van der Waals surface area contributed by atoms with Gasteiger partial charge in [0.1, 0.15) is 11.9 Å². The number of aliphatic hydroxyl groups excluding tert-OH is 1. The summed E-state index contributed by atoms with van der Waals surface area (Å²) in [6.45, 7) is 0. The zero-order valence-corrected chi connectivity index (χ0v) is 7.76. The Morgan fingerprint density at radius 2 is 2.00 bits per heavy atom. The molecule has 4 heteroatoms. The summed E-state index contributed by atoms with van der Waals surface area (Å²) in [6, 6.07) is 5.41. The van der Waals surface area contributed by atoms with Crippen LogP contribution in [0.2, 0.25) is 0 Å². The first-order valence-corrected chi connectivity index (χ1v) is 4.49. The molecule has 0 saturated carbocycles. The molecule has 1 heterocycles. The normalized spacial score (nSPS) is 21.5. The van der Waals surface area contributed by atoms with Crippen LogP contribution in [0.15, 0.2) is 36.4 Å². The molecular weight excluding hydrogens is 199 g/mol. The second-order valence-electron chi connectivity index (χ2n) is 3.26. The number of carbonyl (C=O) groups is 1. The molecule has 0 spiro atoms. The predicted octanol–water partition coefficient (Wildman–Crippen LogP) is 1.34. The molecule has 1 aromatic carbocycles. The highest BCUT2D eigenvalue weighted by atomic mass is 19.1.